The second-order valence-corrected chi connectivity index (χ2v) is 10.6. The van der Waals surface area contributed by atoms with Crippen molar-refractivity contribution in [2.45, 2.75) is 27.7 Å². The standard InChI is InChI=1S/C14H14N6O2S.C13H14N4O3S/c1-3-22-13-11(12-16-7-17-20-12)23-14(19-13)9-4-5-15-10(6-9)18-8(2)21;1-3-20-12-10(11(14)19)21-13(17-12)8-4-5-15-9(6-8)16-7(2)18/h4-7H,3H2,1-2H3,(H,15,18,21)(H,16,17,20);4-6H,3H2,1-2H3,(H2,14,19)(H,15,16,18). The first-order chi connectivity index (χ1) is 21.2. The van der Waals surface area contributed by atoms with Gasteiger partial charge >= 0.3 is 0 Å². The minimum atomic E-state index is -0.585. The molecule has 0 saturated carbocycles. The summed E-state index contributed by atoms with van der Waals surface area (Å²) in [4.78, 5) is 55.7. The number of H-pyrrole nitrogens is 1. The van der Waals surface area contributed by atoms with E-state index < -0.39 is 5.91 Å². The number of hydrogen-bond acceptors (Lipinski definition) is 13. The summed E-state index contributed by atoms with van der Waals surface area (Å²) >= 11 is 2.56. The van der Waals surface area contributed by atoms with E-state index in [9.17, 15) is 14.4 Å². The minimum absolute atomic E-state index is 0.175. The first kappa shape index (κ1) is 31.6. The second-order valence-electron chi connectivity index (χ2n) is 8.59. The predicted octanol–water partition coefficient (Wildman–Crippen LogP) is 4.01. The average molecular weight is 637 g/mol. The van der Waals surface area contributed by atoms with Crippen LogP contribution in [0.25, 0.3) is 31.8 Å². The first-order valence-corrected chi connectivity index (χ1v) is 14.7. The number of carbonyl (C=O) groups is 3. The van der Waals surface area contributed by atoms with E-state index in [1.165, 1.54) is 31.5 Å². The van der Waals surface area contributed by atoms with Crippen LogP contribution in [-0.2, 0) is 9.59 Å². The van der Waals surface area contributed by atoms with Crippen LogP contribution in [0.5, 0.6) is 11.8 Å². The van der Waals surface area contributed by atoms with Crippen molar-refractivity contribution in [2.24, 2.45) is 5.73 Å². The quantitative estimate of drug-likeness (QED) is 0.172. The zero-order chi connectivity index (χ0) is 31.6. The summed E-state index contributed by atoms with van der Waals surface area (Å²) in [5.74, 6) is 1.24. The first-order valence-electron chi connectivity index (χ1n) is 13.1. The van der Waals surface area contributed by atoms with Crippen molar-refractivity contribution in [3.8, 4) is 43.6 Å². The Balaban J connectivity index is 0.000000202. The molecule has 0 radical (unpaired) electrons. The van der Waals surface area contributed by atoms with Crippen molar-refractivity contribution in [1.29, 1.82) is 0 Å². The largest absolute Gasteiger partial charge is 0.477 e. The van der Waals surface area contributed by atoms with Crippen molar-refractivity contribution in [3.05, 3.63) is 47.9 Å². The summed E-state index contributed by atoms with van der Waals surface area (Å²) in [5, 5.41) is 13.2. The van der Waals surface area contributed by atoms with Gasteiger partial charge < -0.3 is 25.8 Å². The number of rotatable bonds is 10. The molecule has 5 aromatic heterocycles. The number of pyridine rings is 2. The van der Waals surface area contributed by atoms with Gasteiger partial charge in [-0.25, -0.2) is 24.9 Å². The van der Waals surface area contributed by atoms with E-state index in [2.05, 4.69) is 45.8 Å². The molecule has 0 aliphatic carbocycles. The van der Waals surface area contributed by atoms with Crippen LogP contribution >= 0.6 is 22.7 Å². The van der Waals surface area contributed by atoms with Gasteiger partial charge in [0, 0.05) is 37.4 Å². The topological polar surface area (TPSA) is 213 Å². The number of aromatic amines is 1. The lowest BCUT2D eigenvalue weighted by Crippen LogP contribution is -2.10. The summed E-state index contributed by atoms with van der Waals surface area (Å²) in [5.41, 5.74) is 6.86. The van der Waals surface area contributed by atoms with Gasteiger partial charge in [0.2, 0.25) is 23.6 Å². The number of ether oxygens (including phenoxy) is 2. The van der Waals surface area contributed by atoms with E-state index in [0.29, 0.717) is 47.1 Å². The van der Waals surface area contributed by atoms with Gasteiger partial charge in [-0.05, 0) is 38.1 Å². The number of carbonyl (C=O) groups excluding carboxylic acids is 3. The van der Waals surface area contributed by atoms with E-state index in [4.69, 9.17) is 15.2 Å². The zero-order valence-electron chi connectivity index (χ0n) is 24.1. The molecule has 0 saturated heterocycles. The van der Waals surface area contributed by atoms with Gasteiger partial charge in [-0.15, -0.1) is 22.7 Å². The molecule has 5 aromatic rings. The van der Waals surface area contributed by atoms with E-state index in [1.54, 1.807) is 37.5 Å². The third-order valence-corrected chi connectivity index (χ3v) is 7.42. The molecule has 228 valence electrons. The van der Waals surface area contributed by atoms with E-state index in [0.717, 1.165) is 26.8 Å². The maximum absolute atomic E-state index is 11.4. The molecule has 5 N–H and O–H groups in total. The highest BCUT2D eigenvalue weighted by Gasteiger charge is 2.19. The van der Waals surface area contributed by atoms with Crippen LogP contribution < -0.4 is 25.8 Å². The molecule has 5 rings (SSSR count). The molecule has 0 spiro atoms. The number of nitrogens with zero attached hydrogens (tertiary/aromatic N) is 6. The lowest BCUT2D eigenvalue weighted by atomic mass is 10.3. The van der Waals surface area contributed by atoms with Gasteiger partial charge in [-0.2, -0.15) is 5.10 Å². The lowest BCUT2D eigenvalue weighted by molar-refractivity contribution is -0.115. The predicted molar refractivity (Wildman–Crippen MR) is 166 cm³/mol. The summed E-state index contributed by atoms with van der Waals surface area (Å²) < 4.78 is 10.9. The fraction of sp³-hybridized carbons (Fsp3) is 0.222. The van der Waals surface area contributed by atoms with Gasteiger partial charge in [-0.3, -0.25) is 19.5 Å². The Kier molecular flexibility index (Phi) is 10.6. The SMILES string of the molecule is CCOc1nc(-c2ccnc(NC(C)=O)c2)sc1-c1ncn[nH]1.CCOc1nc(-c2ccnc(NC(C)=O)c2)sc1C(N)=O. The highest BCUT2D eigenvalue weighted by molar-refractivity contribution is 7.18. The van der Waals surface area contributed by atoms with Gasteiger partial charge in [0.25, 0.3) is 5.91 Å². The molecular weight excluding hydrogens is 608 g/mol. The molecule has 3 amide bonds. The Morgan fingerprint density at radius 3 is 1.89 bits per heavy atom. The molecule has 0 aliphatic heterocycles. The smallest absolute Gasteiger partial charge is 0.264 e. The Morgan fingerprint density at radius 2 is 1.39 bits per heavy atom. The Morgan fingerprint density at radius 1 is 0.841 bits per heavy atom. The van der Waals surface area contributed by atoms with Gasteiger partial charge in [-0.1, -0.05) is 0 Å². The van der Waals surface area contributed by atoms with Crippen LogP contribution in [0.1, 0.15) is 37.4 Å². The molecule has 0 fully saturated rings. The second kappa shape index (κ2) is 14.7. The summed E-state index contributed by atoms with van der Waals surface area (Å²) in [6, 6.07) is 6.98. The molecule has 15 nitrogen and oxygen atoms in total. The van der Waals surface area contributed by atoms with Crippen LogP contribution in [0.3, 0.4) is 0 Å². The number of primary amides is 1. The Labute approximate surface area is 259 Å². The van der Waals surface area contributed by atoms with E-state index in [1.807, 2.05) is 13.0 Å². The Bertz CT molecular complexity index is 1750. The maximum atomic E-state index is 11.4. The minimum Gasteiger partial charge on any atom is -0.477 e. The molecule has 0 atom stereocenters. The van der Waals surface area contributed by atoms with E-state index >= 15 is 0 Å². The number of anilines is 2. The number of aromatic nitrogens is 7. The molecular formula is C27H28N10O5S2. The van der Waals surface area contributed by atoms with Crippen molar-refractivity contribution < 1.29 is 23.9 Å². The summed E-state index contributed by atoms with van der Waals surface area (Å²) in [7, 11) is 0. The fourth-order valence-electron chi connectivity index (χ4n) is 3.57. The lowest BCUT2D eigenvalue weighted by Gasteiger charge is -2.02. The summed E-state index contributed by atoms with van der Waals surface area (Å²) in [6.07, 6.45) is 4.61. The average Bonchev–Trinajstić information content (AvgIpc) is 3.74. The van der Waals surface area contributed by atoms with Crippen LogP contribution in [0.4, 0.5) is 11.6 Å². The number of hydrogen-bond donors (Lipinski definition) is 4. The number of amides is 3. The molecule has 5 heterocycles. The number of thiazole rings is 2. The fourth-order valence-corrected chi connectivity index (χ4v) is 5.39. The monoisotopic (exact) mass is 636 g/mol. The summed E-state index contributed by atoms with van der Waals surface area (Å²) in [6.45, 7) is 7.41. The van der Waals surface area contributed by atoms with Crippen LogP contribution in [0.15, 0.2) is 43.0 Å². The zero-order valence-corrected chi connectivity index (χ0v) is 25.7. The molecule has 0 aliphatic rings. The van der Waals surface area contributed by atoms with Crippen LogP contribution in [0.2, 0.25) is 0 Å². The van der Waals surface area contributed by atoms with Crippen molar-refractivity contribution in [1.82, 2.24) is 35.1 Å². The van der Waals surface area contributed by atoms with Crippen molar-refractivity contribution in [3.63, 3.8) is 0 Å². The van der Waals surface area contributed by atoms with Gasteiger partial charge in [0.05, 0.1) is 13.2 Å². The van der Waals surface area contributed by atoms with Gasteiger partial charge in [0.1, 0.15) is 32.9 Å². The molecule has 0 unspecified atom stereocenters. The third kappa shape index (κ3) is 8.17. The highest BCUT2D eigenvalue weighted by Crippen LogP contribution is 2.38. The Hall–Kier alpha value is -5.29. The number of nitrogens with one attached hydrogen (secondary N) is 3. The maximum Gasteiger partial charge on any atom is 0.264 e. The van der Waals surface area contributed by atoms with Gasteiger partial charge in [0.15, 0.2) is 10.7 Å². The molecule has 44 heavy (non-hydrogen) atoms. The molecule has 17 heteroatoms. The van der Waals surface area contributed by atoms with Crippen LogP contribution in [-0.4, -0.2) is 66.1 Å². The normalized spacial score (nSPS) is 10.4. The van der Waals surface area contributed by atoms with Crippen molar-refractivity contribution in [2.75, 3.05) is 23.8 Å². The van der Waals surface area contributed by atoms with Crippen LogP contribution in [0, 0.1) is 0 Å². The number of nitrogens with two attached hydrogens (primary N) is 1. The molecule has 0 bridgehead atoms. The van der Waals surface area contributed by atoms with E-state index in [-0.39, 0.29) is 22.6 Å². The highest BCUT2D eigenvalue weighted by atomic mass is 32.1. The molecule has 0 aromatic carbocycles. The third-order valence-electron chi connectivity index (χ3n) is 5.23. The van der Waals surface area contributed by atoms with Crippen molar-refractivity contribution >= 4 is 52.0 Å².